The van der Waals surface area contributed by atoms with E-state index in [9.17, 15) is 19.0 Å². The second kappa shape index (κ2) is 8.84. The van der Waals surface area contributed by atoms with Crippen molar-refractivity contribution in [2.24, 2.45) is 5.92 Å². The van der Waals surface area contributed by atoms with Gasteiger partial charge < -0.3 is 15.1 Å². The number of benzene rings is 1. The van der Waals surface area contributed by atoms with Crippen LogP contribution in [0, 0.1) is 5.92 Å². The SMILES string of the molecule is O=C(O)CCC(CP(=O)(O)Cc1ccccc1C(P)(P)P)C(=O)O. The van der Waals surface area contributed by atoms with Crippen LogP contribution >= 0.6 is 35.1 Å². The Morgan fingerprint density at radius 2 is 1.75 bits per heavy atom. The number of carboxylic acids is 2. The second-order valence-corrected chi connectivity index (χ2v) is 13.0. The van der Waals surface area contributed by atoms with Crippen LogP contribution in [0.15, 0.2) is 24.3 Å². The van der Waals surface area contributed by atoms with Gasteiger partial charge in [-0.2, -0.15) is 0 Å². The van der Waals surface area contributed by atoms with Gasteiger partial charge in [-0.15, -0.1) is 27.7 Å². The van der Waals surface area contributed by atoms with Crippen LogP contribution in [-0.2, 0) is 25.0 Å². The van der Waals surface area contributed by atoms with Gasteiger partial charge in [0.1, 0.15) is 0 Å². The largest absolute Gasteiger partial charge is 0.481 e. The van der Waals surface area contributed by atoms with Gasteiger partial charge in [0.25, 0.3) is 0 Å². The molecule has 0 aromatic heterocycles. The molecule has 134 valence electrons. The van der Waals surface area contributed by atoms with E-state index in [2.05, 4.69) is 27.7 Å². The summed E-state index contributed by atoms with van der Waals surface area (Å²) in [6.45, 7) is 0. The highest BCUT2D eigenvalue weighted by Crippen LogP contribution is 2.52. The van der Waals surface area contributed by atoms with E-state index in [1.165, 1.54) is 0 Å². The van der Waals surface area contributed by atoms with Crippen LogP contribution in [0.25, 0.3) is 0 Å². The van der Waals surface area contributed by atoms with E-state index in [0.29, 0.717) is 5.56 Å². The van der Waals surface area contributed by atoms with Crippen LogP contribution in [0.2, 0.25) is 0 Å². The molecule has 0 bridgehead atoms. The fourth-order valence-corrected chi connectivity index (χ4v) is 5.16. The predicted molar refractivity (Wildman–Crippen MR) is 104 cm³/mol. The van der Waals surface area contributed by atoms with E-state index >= 15 is 0 Å². The van der Waals surface area contributed by atoms with Gasteiger partial charge in [0, 0.05) is 23.4 Å². The fraction of sp³-hybridized carbons (Fsp3) is 0.429. The molecule has 24 heavy (non-hydrogen) atoms. The number of hydrogen-bond donors (Lipinski definition) is 3. The molecule has 0 radical (unpaired) electrons. The Kier molecular flexibility index (Phi) is 7.98. The number of carboxylic acid groups (broad SMARTS) is 2. The van der Waals surface area contributed by atoms with Crippen molar-refractivity contribution in [1.29, 1.82) is 0 Å². The highest BCUT2D eigenvalue weighted by Gasteiger charge is 2.31. The first kappa shape index (κ1) is 21.7. The Labute approximate surface area is 147 Å². The molecule has 1 aromatic rings. The molecule has 5 unspecified atom stereocenters. The Hall–Kier alpha value is -0.360. The van der Waals surface area contributed by atoms with Crippen LogP contribution < -0.4 is 0 Å². The molecule has 0 saturated heterocycles. The molecule has 0 saturated carbocycles. The van der Waals surface area contributed by atoms with Crippen molar-refractivity contribution in [3.8, 4) is 0 Å². The van der Waals surface area contributed by atoms with Gasteiger partial charge in [-0.25, -0.2) is 0 Å². The number of rotatable bonds is 9. The molecule has 3 N–H and O–H groups in total. The Balaban J connectivity index is 2.95. The normalized spacial score (nSPS) is 15.5. The van der Waals surface area contributed by atoms with Gasteiger partial charge in [-0.3, -0.25) is 14.2 Å². The first-order chi connectivity index (χ1) is 10.9. The summed E-state index contributed by atoms with van der Waals surface area (Å²) >= 11 is 0. The molecule has 0 spiro atoms. The summed E-state index contributed by atoms with van der Waals surface area (Å²) in [4.78, 5) is 32.1. The van der Waals surface area contributed by atoms with Crippen LogP contribution in [0.3, 0.4) is 0 Å². The molecule has 10 heteroatoms. The van der Waals surface area contributed by atoms with E-state index in [1.807, 2.05) is 12.1 Å². The minimum absolute atomic E-state index is 0.154. The third-order valence-electron chi connectivity index (χ3n) is 3.46. The molecule has 0 fully saturated rings. The van der Waals surface area contributed by atoms with Crippen LogP contribution in [0.5, 0.6) is 0 Å². The van der Waals surface area contributed by atoms with Crippen molar-refractivity contribution in [3.63, 3.8) is 0 Å². The van der Waals surface area contributed by atoms with E-state index in [1.54, 1.807) is 12.1 Å². The van der Waals surface area contributed by atoms with Crippen molar-refractivity contribution < 1.29 is 29.3 Å². The minimum Gasteiger partial charge on any atom is -0.481 e. The van der Waals surface area contributed by atoms with Crippen LogP contribution in [0.4, 0.5) is 0 Å². The summed E-state index contributed by atoms with van der Waals surface area (Å²) in [5, 5.41) is 17.8. The van der Waals surface area contributed by atoms with E-state index in [-0.39, 0.29) is 19.0 Å². The molecule has 5 atom stereocenters. The van der Waals surface area contributed by atoms with Gasteiger partial charge >= 0.3 is 11.9 Å². The first-order valence-corrected chi connectivity index (χ1v) is 10.9. The summed E-state index contributed by atoms with van der Waals surface area (Å²) < 4.78 is 12.1. The molecule has 1 rings (SSSR count). The highest BCUT2D eigenvalue weighted by molar-refractivity contribution is 7.57. The summed E-state index contributed by atoms with van der Waals surface area (Å²) in [7, 11) is 4.04. The van der Waals surface area contributed by atoms with Crippen molar-refractivity contribution >= 4 is 47.0 Å². The number of aliphatic carboxylic acids is 2. The van der Waals surface area contributed by atoms with Crippen LogP contribution in [-0.4, -0.2) is 33.2 Å². The lowest BCUT2D eigenvalue weighted by molar-refractivity contribution is -0.142. The van der Waals surface area contributed by atoms with Crippen molar-refractivity contribution in [3.05, 3.63) is 35.4 Å². The molecular formula is C14H22O6P4. The smallest absolute Gasteiger partial charge is 0.307 e. The summed E-state index contributed by atoms with van der Waals surface area (Å²) in [6, 6.07) is 7.14. The lowest BCUT2D eigenvalue weighted by Gasteiger charge is -2.24. The van der Waals surface area contributed by atoms with Gasteiger partial charge in [-0.05, 0) is 17.5 Å². The third-order valence-corrected chi connectivity index (χ3v) is 6.24. The standard InChI is InChI=1S/C14H22O6P4/c15-12(16)6-5-10(13(17)18)8-24(19,20)7-9-3-1-2-4-11(9)14(21,22)23/h1-4,10H,5-8,21-23H2,(H,15,16)(H,17,18)(H,19,20). The molecule has 0 heterocycles. The van der Waals surface area contributed by atoms with Gasteiger partial charge in [-0.1, -0.05) is 24.3 Å². The molecule has 0 aliphatic rings. The lowest BCUT2D eigenvalue weighted by atomic mass is 10.1. The molecular weight excluding hydrogens is 388 g/mol. The Morgan fingerprint density at radius 3 is 2.25 bits per heavy atom. The fourth-order valence-electron chi connectivity index (χ4n) is 2.35. The summed E-state index contributed by atoms with van der Waals surface area (Å²) in [5.41, 5.74) is 1.49. The van der Waals surface area contributed by atoms with Gasteiger partial charge in [0.05, 0.1) is 5.92 Å². The maximum atomic E-state index is 12.5. The topological polar surface area (TPSA) is 112 Å². The van der Waals surface area contributed by atoms with Gasteiger partial charge in [0.2, 0.25) is 7.37 Å². The third kappa shape index (κ3) is 7.26. The number of hydrogen-bond acceptors (Lipinski definition) is 3. The maximum absolute atomic E-state index is 12.5. The Morgan fingerprint density at radius 1 is 1.17 bits per heavy atom. The zero-order valence-corrected chi connectivity index (χ0v) is 17.3. The summed E-state index contributed by atoms with van der Waals surface area (Å²) in [6.07, 6.45) is -1.11. The zero-order chi connectivity index (χ0) is 18.5. The molecule has 1 aromatic carbocycles. The highest BCUT2D eigenvalue weighted by atomic mass is 31.2. The monoisotopic (exact) mass is 410 g/mol. The molecule has 0 amide bonds. The van der Waals surface area contributed by atoms with Crippen LogP contribution in [0.1, 0.15) is 24.0 Å². The summed E-state index contributed by atoms with van der Waals surface area (Å²) in [5.74, 6) is -3.54. The van der Waals surface area contributed by atoms with E-state index in [4.69, 9.17) is 10.2 Å². The molecule has 0 aliphatic heterocycles. The minimum atomic E-state index is -3.78. The second-order valence-electron chi connectivity index (χ2n) is 5.74. The van der Waals surface area contributed by atoms with E-state index < -0.39 is 36.0 Å². The first-order valence-electron chi connectivity index (χ1n) is 7.13. The lowest BCUT2D eigenvalue weighted by Crippen LogP contribution is -2.20. The number of carbonyl (C=O) groups is 2. The van der Waals surface area contributed by atoms with Crippen molar-refractivity contribution in [2.75, 3.05) is 6.16 Å². The van der Waals surface area contributed by atoms with Crippen molar-refractivity contribution in [2.45, 2.75) is 23.6 Å². The Bertz CT molecular complexity index is 655. The molecule has 6 nitrogen and oxygen atoms in total. The maximum Gasteiger partial charge on any atom is 0.307 e. The average Bonchev–Trinajstić information content (AvgIpc) is 2.41. The van der Waals surface area contributed by atoms with Crippen molar-refractivity contribution in [1.82, 2.24) is 0 Å². The van der Waals surface area contributed by atoms with E-state index in [0.717, 1.165) is 5.56 Å². The van der Waals surface area contributed by atoms with Gasteiger partial charge in [0.15, 0.2) is 0 Å². The molecule has 0 aliphatic carbocycles. The zero-order valence-electron chi connectivity index (χ0n) is 13.0. The quantitative estimate of drug-likeness (QED) is 0.540. The predicted octanol–water partition coefficient (Wildman–Crippen LogP) is 2.76. The average molecular weight is 410 g/mol.